The largest absolute Gasteiger partial charge is 0.444 e. The van der Waals surface area contributed by atoms with Gasteiger partial charge in [-0.15, -0.1) is 0 Å². The van der Waals surface area contributed by atoms with Gasteiger partial charge in [0.2, 0.25) is 0 Å². The summed E-state index contributed by atoms with van der Waals surface area (Å²) in [6.45, 7) is 5.44. The van der Waals surface area contributed by atoms with Gasteiger partial charge in [0.15, 0.2) is 5.78 Å². The summed E-state index contributed by atoms with van der Waals surface area (Å²) in [7, 11) is 0. The molecule has 1 heterocycles. The maximum atomic E-state index is 12.6. The van der Waals surface area contributed by atoms with Crippen LogP contribution in [0.1, 0.15) is 44.2 Å². The maximum Gasteiger partial charge on any atom is 0.416 e. The average Bonchev–Trinajstić information content (AvgIpc) is 2.44. The van der Waals surface area contributed by atoms with Crippen molar-refractivity contribution in [1.82, 2.24) is 4.90 Å². The maximum absolute atomic E-state index is 12.6. The molecule has 4 nitrogen and oxygen atoms in total. The van der Waals surface area contributed by atoms with Crippen molar-refractivity contribution in [1.29, 1.82) is 0 Å². The third-order valence-electron chi connectivity index (χ3n) is 3.72. The lowest BCUT2D eigenvalue weighted by molar-refractivity contribution is -0.137. The zero-order valence-corrected chi connectivity index (χ0v) is 13.8. The minimum Gasteiger partial charge on any atom is -0.444 e. The third-order valence-corrected chi connectivity index (χ3v) is 3.72. The van der Waals surface area contributed by atoms with Crippen LogP contribution < -0.4 is 0 Å². The van der Waals surface area contributed by atoms with Gasteiger partial charge in [-0.3, -0.25) is 4.79 Å². The van der Waals surface area contributed by atoms with E-state index in [2.05, 4.69) is 0 Å². The molecule has 132 valence electrons. The van der Waals surface area contributed by atoms with E-state index in [0.717, 1.165) is 12.1 Å². The second-order valence-corrected chi connectivity index (χ2v) is 6.83. The second kappa shape index (κ2) is 6.45. The van der Waals surface area contributed by atoms with Gasteiger partial charge < -0.3 is 9.64 Å². The highest BCUT2D eigenvalue weighted by Crippen LogP contribution is 2.32. The molecular formula is C17H20F3NO3. The highest BCUT2D eigenvalue weighted by Gasteiger charge is 2.34. The smallest absolute Gasteiger partial charge is 0.416 e. The number of hydrogen-bond donors (Lipinski definition) is 0. The van der Waals surface area contributed by atoms with Gasteiger partial charge >= 0.3 is 12.3 Å². The zero-order chi connectivity index (χ0) is 18.1. The lowest BCUT2D eigenvalue weighted by Crippen LogP contribution is -2.45. The quantitative estimate of drug-likeness (QED) is 0.774. The molecule has 0 spiro atoms. The SMILES string of the molecule is CC(C)(C)OC(=O)N1CC[C@H](c2ccc(C(F)(F)F)cc2)C(=O)C1. The first-order valence-corrected chi connectivity index (χ1v) is 7.65. The van der Waals surface area contributed by atoms with Crippen LogP contribution in [-0.2, 0) is 15.7 Å². The molecule has 0 radical (unpaired) electrons. The Labute approximate surface area is 138 Å². The lowest BCUT2D eigenvalue weighted by atomic mass is 9.88. The number of hydrogen-bond acceptors (Lipinski definition) is 3. The van der Waals surface area contributed by atoms with E-state index in [-0.39, 0.29) is 12.3 Å². The molecule has 1 saturated heterocycles. The summed E-state index contributed by atoms with van der Waals surface area (Å²) in [5.41, 5.74) is -0.855. The van der Waals surface area contributed by atoms with E-state index >= 15 is 0 Å². The zero-order valence-electron chi connectivity index (χ0n) is 13.8. The molecule has 0 aromatic heterocycles. The summed E-state index contributed by atoms with van der Waals surface area (Å²) in [6.07, 6.45) is -4.59. The second-order valence-electron chi connectivity index (χ2n) is 6.83. The Morgan fingerprint density at radius 3 is 2.21 bits per heavy atom. The molecule has 1 aliphatic rings. The molecule has 24 heavy (non-hydrogen) atoms. The molecule has 0 aliphatic carbocycles. The number of benzene rings is 1. The van der Waals surface area contributed by atoms with Crippen LogP contribution in [0.15, 0.2) is 24.3 Å². The number of rotatable bonds is 1. The molecule has 0 N–H and O–H groups in total. The number of ether oxygens (including phenoxy) is 1. The third kappa shape index (κ3) is 4.49. The van der Waals surface area contributed by atoms with Crippen molar-refractivity contribution in [2.24, 2.45) is 0 Å². The average molecular weight is 343 g/mol. The van der Waals surface area contributed by atoms with Crippen molar-refractivity contribution in [2.75, 3.05) is 13.1 Å². The first-order chi connectivity index (χ1) is 11.0. The summed E-state index contributed by atoms with van der Waals surface area (Å²) < 4.78 is 43.0. The Balaban J connectivity index is 2.04. The molecule has 1 aliphatic heterocycles. The fourth-order valence-corrected chi connectivity index (χ4v) is 2.56. The summed E-state index contributed by atoms with van der Waals surface area (Å²) in [5, 5.41) is 0. The first kappa shape index (κ1) is 18.3. The molecule has 1 aromatic rings. The van der Waals surface area contributed by atoms with Gasteiger partial charge in [0.1, 0.15) is 5.60 Å². The Hall–Kier alpha value is -2.05. The van der Waals surface area contributed by atoms with Gasteiger partial charge in [-0.2, -0.15) is 13.2 Å². The standard InChI is InChI=1S/C17H20F3NO3/c1-16(2,3)24-15(23)21-9-8-13(14(22)10-21)11-4-6-12(7-5-11)17(18,19)20/h4-7,13H,8-10H2,1-3H3/t13-/m1/s1. The van der Waals surface area contributed by atoms with E-state index in [9.17, 15) is 22.8 Å². The number of Topliss-reactive ketones (excluding diaryl/α,β-unsaturated/α-hetero) is 1. The Morgan fingerprint density at radius 2 is 1.75 bits per heavy atom. The molecule has 0 unspecified atom stereocenters. The van der Waals surface area contributed by atoms with Crippen molar-refractivity contribution >= 4 is 11.9 Å². The molecule has 1 aromatic carbocycles. The number of carbonyl (C=O) groups is 2. The van der Waals surface area contributed by atoms with Crippen LogP contribution in [0, 0.1) is 0 Å². The number of ketones is 1. The highest BCUT2D eigenvalue weighted by atomic mass is 19.4. The van der Waals surface area contributed by atoms with Crippen LogP contribution in [-0.4, -0.2) is 35.5 Å². The van der Waals surface area contributed by atoms with Crippen molar-refractivity contribution in [3.8, 4) is 0 Å². The molecule has 1 amide bonds. The van der Waals surface area contributed by atoms with E-state index in [1.165, 1.54) is 17.0 Å². The van der Waals surface area contributed by atoms with Crippen LogP contribution in [0.25, 0.3) is 0 Å². The minimum absolute atomic E-state index is 0.0966. The van der Waals surface area contributed by atoms with E-state index in [0.29, 0.717) is 18.5 Å². The van der Waals surface area contributed by atoms with Crippen molar-refractivity contribution < 1.29 is 27.5 Å². The summed E-state index contributed by atoms with van der Waals surface area (Å²) in [5.74, 6) is -0.696. The first-order valence-electron chi connectivity index (χ1n) is 7.65. The van der Waals surface area contributed by atoms with Crippen molar-refractivity contribution in [2.45, 2.75) is 44.9 Å². The van der Waals surface area contributed by atoms with Gasteiger partial charge in [-0.1, -0.05) is 12.1 Å². The predicted octanol–water partition coefficient (Wildman–Crippen LogP) is 4.00. The predicted molar refractivity (Wildman–Crippen MR) is 81.6 cm³/mol. The number of halogens is 3. The number of alkyl halides is 3. The van der Waals surface area contributed by atoms with E-state index in [1.807, 2.05) is 0 Å². The fraction of sp³-hybridized carbons (Fsp3) is 0.529. The number of amides is 1. The van der Waals surface area contributed by atoms with Crippen LogP contribution in [0.2, 0.25) is 0 Å². The number of nitrogens with zero attached hydrogens (tertiary/aromatic N) is 1. The molecule has 1 fully saturated rings. The molecule has 0 saturated carbocycles. The monoisotopic (exact) mass is 343 g/mol. The Bertz CT molecular complexity index is 617. The van der Waals surface area contributed by atoms with Crippen molar-refractivity contribution in [3.63, 3.8) is 0 Å². The lowest BCUT2D eigenvalue weighted by Gasteiger charge is -2.32. The summed E-state index contributed by atoms with van der Waals surface area (Å²) >= 11 is 0. The molecular weight excluding hydrogens is 323 g/mol. The molecule has 1 atom stereocenters. The number of likely N-dealkylation sites (tertiary alicyclic amines) is 1. The highest BCUT2D eigenvalue weighted by molar-refractivity contribution is 5.90. The van der Waals surface area contributed by atoms with Crippen LogP contribution in [0.5, 0.6) is 0 Å². The van der Waals surface area contributed by atoms with E-state index in [1.54, 1.807) is 20.8 Å². The Kier molecular flexibility index (Phi) is 4.92. The van der Waals surface area contributed by atoms with Gasteiger partial charge in [0, 0.05) is 12.5 Å². The summed E-state index contributed by atoms with van der Waals surface area (Å²) in [4.78, 5) is 25.6. The summed E-state index contributed by atoms with van der Waals surface area (Å²) in [6, 6.07) is 4.61. The van der Waals surface area contributed by atoms with Crippen LogP contribution in [0.3, 0.4) is 0 Å². The van der Waals surface area contributed by atoms with E-state index < -0.39 is 29.4 Å². The molecule has 2 rings (SSSR count). The minimum atomic E-state index is -4.40. The number of carbonyl (C=O) groups excluding carboxylic acids is 2. The van der Waals surface area contributed by atoms with E-state index in [4.69, 9.17) is 4.74 Å². The normalized spacial score (nSPS) is 19.3. The van der Waals surface area contributed by atoms with Gasteiger partial charge in [-0.25, -0.2) is 4.79 Å². The van der Waals surface area contributed by atoms with Crippen molar-refractivity contribution in [3.05, 3.63) is 35.4 Å². The molecule has 0 bridgehead atoms. The van der Waals surface area contributed by atoms with Crippen LogP contribution in [0.4, 0.5) is 18.0 Å². The van der Waals surface area contributed by atoms with Crippen LogP contribution >= 0.6 is 0 Å². The molecule has 7 heteroatoms. The van der Waals surface area contributed by atoms with Gasteiger partial charge in [0.05, 0.1) is 12.1 Å². The fourth-order valence-electron chi connectivity index (χ4n) is 2.56. The van der Waals surface area contributed by atoms with Gasteiger partial charge in [0.25, 0.3) is 0 Å². The van der Waals surface area contributed by atoms with Gasteiger partial charge in [-0.05, 0) is 44.9 Å². The topological polar surface area (TPSA) is 46.6 Å². The Morgan fingerprint density at radius 1 is 1.17 bits per heavy atom. The number of piperidine rings is 1.